The third-order valence-corrected chi connectivity index (χ3v) is 4.00. The van der Waals surface area contributed by atoms with E-state index in [9.17, 15) is 0 Å². The summed E-state index contributed by atoms with van der Waals surface area (Å²) in [4.78, 5) is 4.67. The summed E-state index contributed by atoms with van der Waals surface area (Å²) >= 11 is 0. The smallest absolute Gasteiger partial charge is 0.191 e. The third-order valence-electron chi connectivity index (χ3n) is 4.00. The Labute approximate surface area is 158 Å². The quantitative estimate of drug-likeness (QED) is 0.520. The summed E-state index contributed by atoms with van der Waals surface area (Å²) < 4.78 is 16.6. The lowest BCUT2D eigenvalue weighted by molar-refractivity contribution is 0.0205. The van der Waals surface area contributed by atoms with Gasteiger partial charge in [0.2, 0.25) is 0 Å². The van der Waals surface area contributed by atoms with Gasteiger partial charge < -0.3 is 24.8 Å². The van der Waals surface area contributed by atoms with Crippen molar-refractivity contribution in [3.05, 3.63) is 23.8 Å². The molecule has 0 spiro atoms. The second-order valence-corrected chi connectivity index (χ2v) is 7.08. The number of hydrogen-bond acceptors (Lipinski definition) is 4. The molecular weight excluding hydrogens is 330 g/mol. The highest BCUT2D eigenvalue weighted by Crippen LogP contribution is 2.28. The van der Waals surface area contributed by atoms with Crippen molar-refractivity contribution in [3.8, 4) is 11.5 Å². The minimum atomic E-state index is 0.0571. The van der Waals surface area contributed by atoms with Crippen LogP contribution in [-0.2, 0) is 11.3 Å². The highest BCUT2D eigenvalue weighted by atomic mass is 16.5. The molecule has 0 aliphatic rings. The van der Waals surface area contributed by atoms with Crippen LogP contribution in [0.15, 0.2) is 23.2 Å². The van der Waals surface area contributed by atoms with Gasteiger partial charge in [-0.15, -0.1) is 0 Å². The summed E-state index contributed by atoms with van der Waals surface area (Å²) in [5.74, 6) is 2.25. The van der Waals surface area contributed by atoms with E-state index in [0.29, 0.717) is 19.7 Å². The Morgan fingerprint density at radius 1 is 1.12 bits per heavy atom. The van der Waals surface area contributed by atoms with Crippen LogP contribution in [0.2, 0.25) is 0 Å². The van der Waals surface area contributed by atoms with Crippen molar-refractivity contribution in [1.82, 2.24) is 10.6 Å². The summed E-state index contributed by atoms with van der Waals surface area (Å²) in [7, 11) is 3.39. The fraction of sp³-hybridized carbons (Fsp3) is 0.650. The summed E-state index contributed by atoms with van der Waals surface area (Å²) in [5, 5.41) is 6.64. The highest BCUT2D eigenvalue weighted by Gasteiger charge is 2.24. The van der Waals surface area contributed by atoms with Crippen LogP contribution in [0.4, 0.5) is 0 Å². The van der Waals surface area contributed by atoms with E-state index in [1.54, 1.807) is 14.2 Å². The molecule has 1 rings (SSSR count). The van der Waals surface area contributed by atoms with Crippen molar-refractivity contribution in [2.24, 2.45) is 10.4 Å². The summed E-state index contributed by atoms with van der Waals surface area (Å²) in [6.07, 6.45) is 0.0944. The SMILES string of the molecule is CCNC(=NCc1ccc(OCC)c(OC)c1)NCC(OC)C(C)(C)C. The molecule has 0 saturated heterocycles. The van der Waals surface area contributed by atoms with E-state index in [2.05, 4.69) is 43.3 Å². The molecule has 6 heteroatoms. The molecule has 1 unspecified atom stereocenters. The van der Waals surface area contributed by atoms with Crippen LogP contribution in [0.1, 0.15) is 40.2 Å². The molecular formula is C20H35N3O3. The summed E-state index contributed by atoms with van der Waals surface area (Å²) in [6.45, 7) is 13.1. The highest BCUT2D eigenvalue weighted by molar-refractivity contribution is 5.79. The average Bonchev–Trinajstić information content (AvgIpc) is 2.60. The minimum absolute atomic E-state index is 0.0571. The number of rotatable bonds is 9. The van der Waals surface area contributed by atoms with Gasteiger partial charge >= 0.3 is 0 Å². The van der Waals surface area contributed by atoms with E-state index in [1.165, 1.54) is 0 Å². The first-order chi connectivity index (χ1) is 12.3. The Kier molecular flexibility index (Phi) is 9.27. The van der Waals surface area contributed by atoms with E-state index < -0.39 is 0 Å². The average molecular weight is 366 g/mol. The van der Waals surface area contributed by atoms with Gasteiger partial charge in [-0.1, -0.05) is 26.8 Å². The summed E-state index contributed by atoms with van der Waals surface area (Å²) in [6, 6.07) is 5.90. The lowest BCUT2D eigenvalue weighted by Gasteiger charge is -2.30. The number of aliphatic imine (C=N–C) groups is 1. The molecule has 0 fully saturated rings. The van der Waals surface area contributed by atoms with E-state index in [1.807, 2.05) is 25.1 Å². The molecule has 1 atom stereocenters. The fourth-order valence-corrected chi connectivity index (χ4v) is 2.53. The predicted octanol–water partition coefficient (Wildman–Crippen LogP) is 3.21. The molecule has 1 aromatic rings. The maximum absolute atomic E-state index is 5.60. The van der Waals surface area contributed by atoms with E-state index >= 15 is 0 Å². The number of nitrogens with one attached hydrogen (secondary N) is 2. The van der Waals surface area contributed by atoms with Gasteiger partial charge in [0.15, 0.2) is 17.5 Å². The first kappa shape index (κ1) is 22.1. The van der Waals surface area contributed by atoms with Crippen molar-refractivity contribution in [1.29, 1.82) is 0 Å². The van der Waals surface area contributed by atoms with Gasteiger partial charge in [0.05, 0.1) is 26.4 Å². The lowest BCUT2D eigenvalue weighted by atomic mass is 9.89. The molecule has 0 radical (unpaired) electrons. The molecule has 148 valence electrons. The molecule has 6 nitrogen and oxygen atoms in total. The Bertz CT molecular complexity index is 568. The Morgan fingerprint density at radius 2 is 1.85 bits per heavy atom. The van der Waals surface area contributed by atoms with E-state index in [4.69, 9.17) is 14.2 Å². The zero-order valence-corrected chi connectivity index (χ0v) is 17.3. The van der Waals surface area contributed by atoms with Crippen LogP contribution in [0.25, 0.3) is 0 Å². The Morgan fingerprint density at radius 3 is 2.38 bits per heavy atom. The number of hydrogen-bond donors (Lipinski definition) is 2. The molecule has 0 saturated carbocycles. The van der Waals surface area contributed by atoms with Gasteiger partial charge in [0.25, 0.3) is 0 Å². The van der Waals surface area contributed by atoms with Crippen LogP contribution in [-0.4, -0.2) is 46.0 Å². The van der Waals surface area contributed by atoms with Gasteiger partial charge in [0, 0.05) is 20.2 Å². The number of methoxy groups -OCH3 is 2. The second kappa shape index (κ2) is 10.9. The van der Waals surface area contributed by atoms with Crippen LogP contribution in [0.5, 0.6) is 11.5 Å². The van der Waals surface area contributed by atoms with E-state index in [-0.39, 0.29) is 11.5 Å². The number of benzene rings is 1. The van der Waals surface area contributed by atoms with Crippen LogP contribution in [0, 0.1) is 5.41 Å². The monoisotopic (exact) mass is 365 g/mol. The maximum Gasteiger partial charge on any atom is 0.191 e. The Balaban J connectivity index is 2.79. The van der Waals surface area contributed by atoms with Gasteiger partial charge in [-0.05, 0) is 37.0 Å². The van der Waals surface area contributed by atoms with Crippen LogP contribution in [0.3, 0.4) is 0 Å². The van der Waals surface area contributed by atoms with Crippen molar-refractivity contribution < 1.29 is 14.2 Å². The standard InChI is InChI=1S/C20H35N3O3/c1-8-21-19(23-14-18(25-7)20(3,4)5)22-13-15-10-11-16(26-9-2)17(12-15)24-6/h10-12,18H,8-9,13-14H2,1-7H3,(H2,21,22,23). The zero-order chi connectivity index (χ0) is 19.6. The maximum atomic E-state index is 5.60. The molecule has 0 heterocycles. The van der Waals surface area contributed by atoms with Crippen LogP contribution < -0.4 is 20.1 Å². The van der Waals surface area contributed by atoms with Crippen molar-refractivity contribution in [2.45, 2.75) is 47.3 Å². The molecule has 0 bridgehead atoms. The normalized spacial score (nSPS) is 13.3. The number of guanidine groups is 1. The lowest BCUT2D eigenvalue weighted by Crippen LogP contribution is -2.45. The molecule has 26 heavy (non-hydrogen) atoms. The van der Waals surface area contributed by atoms with Gasteiger partial charge in [-0.25, -0.2) is 4.99 Å². The molecule has 1 aromatic carbocycles. The topological polar surface area (TPSA) is 64.1 Å². The van der Waals surface area contributed by atoms with Crippen molar-refractivity contribution in [2.75, 3.05) is 33.9 Å². The summed E-state index contributed by atoms with van der Waals surface area (Å²) in [5.41, 5.74) is 1.11. The number of ether oxygens (including phenoxy) is 3. The van der Waals surface area contributed by atoms with Gasteiger partial charge in [-0.2, -0.15) is 0 Å². The first-order valence-corrected chi connectivity index (χ1v) is 9.20. The molecule has 0 amide bonds. The van der Waals surface area contributed by atoms with Gasteiger partial charge in [0.1, 0.15) is 0 Å². The molecule has 0 aliphatic heterocycles. The fourth-order valence-electron chi connectivity index (χ4n) is 2.53. The van der Waals surface area contributed by atoms with Gasteiger partial charge in [-0.3, -0.25) is 0 Å². The molecule has 2 N–H and O–H groups in total. The molecule has 0 aliphatic carbocycles. The number of nitrogens with zero attached hydrogens (tertiary/aromatic N) is 1. The van der Waals surface area contributed by atoms with Crippen LogP contribution >= 0.6 is 0 Å². The second-order valence-electron chi connectivity index (χ2n) is 7.08. The van der Waals surface area contributed by atoms with Crippen molar-refractivity contribution >= 4 is 5.96 Å². The zero-order valence-electron chi connectivity index (χ0n) is 17.3. The van der Waals surface area contributed by atoms with E-state index in [0.717, 1.165) is 29.6 Å². The first-order valence-electron chi connectivity index (χ1n) is 9.20. The largest absolute Gasteiger partial charge is 0.493 e. The third kappa shape index (κ3) is 7.12. The predicted molar refractivity (Wildman–Crippen MR) is 107 cm³/mol. The molecule has 0 aromatic heterocycles. The van der Waals surface area contributed by atoms with Crippen molar-refractivity contribution in [3.63, 3.8) is 0 Å². The minimum Gasteiger partial charge on any atom is -0.493 e. The Hall–Kier alpha value is -1.95.